The molecular formula is C16H22N6O4. The molecule has 26 heavy (non-hydrogen) atoms. The average molecular weight is 362 g/mol. The first-order valence-electron chi connectivity index (χ1n) is 7.96. The third-order valence-electron chi connectivity index (χ3n) is 3.51. The molecule has 2 N–H and O–H groups in total. The monoisotopic (exact) mass is 362 g/mol. The molecule has 0 aliphatic heterocycles. The molecule has 1 aromatic carbocycles. The van der Waals surface area contributed by atoms with E-state index in [0.29, 0.717) is 26.3 Å². The van der Waals surface area contributed by atoms with Crippen LogP contribution in [-0.4, -0.2) is 55.4 Å². The van der Waals surface area contributed by atoms with Gasteiger partial charge in [0.15, 0.2) is 0 Å². The summed E-state index contributed by atoms with van der Waals surface area (Å²) >= 11 is 0. The molecule has 0 saturated carbocycles. The zero-order valence-corrected chi connectivity index (χ0v) is 14.7. The fraction of sp³-hybridized carbons (Fsp3) is 0.375. The lowest BCUT2D eigenvalue weighted by Gasteiger charge is -2.23. The summed E-state index contributed by atoms with van der Waals surface area (Å²) in [5.74, 6) is 0.278. The smallest absolute Gasteiger partial charge is 0.355 e. The van der Waals surface area contributed by atoms with E-state index in [-0.39, 0.29) is 17.3 Å². The summed E-state index contributed by atoms with van der Waals surface area (Å²) in [6.07, 6.45) is 1.28. The molecule has 1 heterocycles. The van der Waals surface area contributed by atoms with Gasteiger partial charge in [0.2, 0.25) is 11.6 Å². The van der Waals surface area contributed by atoms with E-state index >= 15 is 0 Å². The highest BCUT2D eigenvalue weighted by molar-refractivity contribution is 5.71. The number of hydrazine groups is 1. The molecule has 0 amide bonds. The summed E-state index contributed by atoms with van der Waals surface area (Å²) in [5, 5.41) is 11.7. The summed E-state index contributed by atoms with van der Waals surface area (Å²) in [7, 11) is 3.14. The van der Waals surface area contributed by atoms with Crippen LogP contribution >= 0.6 is 0 Å². The lowest BCUT2D eigenvalue weighted by Crippen LogP contribution is -2.32. The maximum absolute atomic E-state index is 11.7. The van der Waals surface area contributed by atoms with Crippen molar-refractivity contribution < 1.29 is 14.4 Å². The van der Waals surface area contributed by atoms with Crippen LogP contribution in [-0.2, 0) is 9.47 Å². The van der Waals surface area contributed by atoms with Gasteiger partial charge < -0.3 is 14.4 Å². The predicted molar refractivity (Wildman–Crippen MR) is 98.3 cm³/mol. The van der Waals surface area contributed by atoms with E-state index in [2.05, 4.69) is 20.8 Å². The van der Waals surface area contributed by atoms with Gasteiger partial charge in [-0.15, -0.1) is 0 Å². The molecule has 2 rings (SSSR count). The zero-order valence-electron chi connectivity index (χ0n) is 14.7. The van der Waals surface area contributed by atoms with Gasteiger partial charge in [0.1, 0.15) is 6.33 Å². The number of ether oxygens (including phenoxy) is 2. The second kappa shape index (κ2) is 10.1. The van der Waals surface area contributed by atoms with Crippen LogP contribution in [0.3, 0.4) is 0 Å². The van der Waals surface area contributed by atoms with Crippen molar-refractivity contribution in [2.24, 2.45) is 0 Å². The van der Waals surface area contributed by atoms with Crippen molar-refractivity contribution in [3.63, 3.8) is 0 Å². The molecule has 0 radical (unpaired) electrons. The van der Waals surface area contributed by atoms with E-state index in [1.165, 1.54) is 6.33 Å². The van der Waals surface area contributed by atoms with Crippen molar-refractivity contribution in [1.82, 2.24) is 9.97 Å². The van der Waals surface area contributed by atoms with Crippen molar-refractivity contribution in [3.05, 3.63) is 46.8 Å². The summed E-state index contributed by atoms with van der Waals surface area (Å²) in [5.41, 5.74) is 6.21. The number of aromatic nitrogens is 2. The molecule has 140 valence electrons. The Kier molecular flexibility index (Phi) is 7.52. The summed E-state index contributed by atoms with van der Waals surface area (Å²) in [6, 6.07) is 9.22. The van der Waals surface area contributed by atoms with Gasteiger partial charge in [-0.3, -0.25) is 21.0 Å². The van der Waals surface area contributed by atoms with Gasteiger partial charge in [0, 0.05) is 27.3 Å². The lowest BCUT2D eigenvalue weighted by atomic mass is 10.3. The van der Waals surface area contributed by atoms with Crippen LogP contribution in [0.1, 0.15) is 0 Å². The minimum atomic E-state index is -0.503. The molecule has 10 nitrogen and oxygen atoms in total. The number of nitro groups is 1. The Balaban J connectivity index is 2.28. The van der Waals surface area contributed by atoms with Crippen molar-refractivity contribution in [2.45, 2.75) is 0 Å². The van der Waals surface area contributed by atoms with Crippen molar-refractivity contribution in [2.75, 3.05) is 56.3 Å². The molecule has 0 saturated heterocycles. The number of benzene rings is 1. The SMILES string of the molecule is COCCN(CCOC)c1ncnc(NNc2ccccc2)c1[N+](=O)[O-]. The van der Waals surface area contributed by atoms with Crippen LogP contribution in [0.15, 0.2) is 36.7 Å². The van der Waals surface area contributed by atoms with E-state index in [0.717, 1.165) is 5.69 Å². The van der Waals surface area contributed by atoms with Gasteiger partial charge >= 0.3 is 5.69 Å². The normalized spacial score (nSPS) is 10.4. The number of methoxy groups -OCH3 is 2. The molecule has 0 fully saturated rings. The van der Waals surface area contributed by atoms with Gasteiger partial charge in [-0.2, -0.15) is 0 Å². The first-order valence-corrected chi connectivity index (χ1v) is 7.96. The number of hydrogen-bond acceptors (Lipinski definition) is 9. The van der Waals surface area contributed by atoms with Crippen molar-refractivity contribution >= 4 is 23.0 Å². The number of nitrogens with one attached hydrogen (secondary N) is 2. The minimum absolute atomic E-state index is 0.0729. The van der Waals surface area contributed by atoms with Crippen LogP contribution in [0.2, 0.25) is 0 Å². The highest BCUT2D eigenvalue weighted by Gasteiger charge is 2.27. The summed E-state index contributed by atoms with van der Waals surface area (Å²) in [6.45, 7) is 1.67. The van der Waals surface area contributed by atoms with Gasteiger partial charge in [-0.05, 0) is 12.1 Å². The molecule has 0 unspecified atom stereocenters. The lowest BCUT2D eigenvalue weighted by molar-refractivity contribution is -0.383. The van der Waals surface area contributed by atoms with Gasteiger partial charge in [-0.25, -0.2) is 9.97 Å². The number of para-hydroxylation sites is 1. The Hall–Kier alpha value is -2.98. The number of rotatable bonds is 11. The van der Waals surface area contributed by atoms with Gasteiger partial charge in [-0.1, -0.05) is 18.2 Å². The highest BCUT2D eigenvalue weighted by Crippen LogP contribution is 2.31. The van der Waals surface area contributed by atoms with Crippen LogP contribution in [0.25, 0.3) is 0 Å². The third kappa shape index (κ3) is 5.26. The van der Waals surface area contributed by atoms with E-state index in [1.807, 2.05) is 30.3 Å². The predicted octanol–water partition coefficient (Wildman–Crippen LogP) is 1.92. The Morgan fingerprint density at radius 2 is 1.73 bits per heavy atom. The van der Waals surface area contributed by atoms with E-state index in [1.54, 1.807) is 19.1 Å². The first-order chi connectivity index (χ1) is 12.7. The fourth-order valence-corrected chi connectivity index (χ4v) is 2.24. The molecule has 0 atom stereocenters. The number of anilines is 3. The second-order valence-corrected chi connectivity index (χ2v) is 5.24. The van der Waals surface area contributed by atoms with Crippen LogP contribution in [0, 0.1) is 10.1 Å². The largest absolute Gasteiger partial charge is 0.383 e. The van der Waals surface area contributed by atoms with Crippen LogP contribution < -0.4 is 15.8 Å². The van der Waals surface area contributed by atoms with Crippen molar-refractivity contribution in [3.8, 4) is 0 Å². The van der Waals surface area contributed by atoms with Gasteiger partial charge in [0.25, 0.3) is 0 Å². The number of hydrogen-bond donors (Lipinski definition) is 2. The molecule has 1 aromatic heterocycles. The minimum Gasteiger partial charge on any atom is -0.383 e. The Labute approximate surface area is 151 Å². The maximum atomic E-state index is 11.7. The average Bonchev–Trinajstić information content (AvgIpc) is 2.67. The fourth-order valence-electron chi connectivity index (χ4n) is 2.24. The Bertz CT molecular complexity index is 692. The molecule has 0 spiro atoms. The summed E-state index contributed by atoms with van der Waals surface area (Å²) < 4.78 is 10.2. The zero-order chi connectivity index (χ0) is 18.8. The van der Waals surface area contributed by atoms with Crippen LogP contribution in [0.5, 0.6) is 0 Å². The van der Waals surface area contributed by atoms with E-state index in [4.69, 9.17) is 9.47 Å². The Morgan fingerprint density at radius 1 is 1.08 bits per heavy atom. The molecule has 0 aliphatic rings. The Morgan fingerprint density at radius 3 is 2.31 bits per heavy atom. The highest BCUT2D eigenvalue weighted by atomic mass is 16.6. The first kappa shape index (κ1) is 19.3. The van der Waals surface area contributed by atoms with Crippen LogP contribution in [0.4, 0.5) is 23.0 Å². The third-order valence-corrected chi connectivity index (χ3v) is 3.51. The molecule has 10 heteroatoms. The molecule has 2 aromatic rings. The van der Waals surface area contributed by atoms with Crippen molar-refractivity contribution in [1.29, 1.82) is 0 Å². The quantitative estimate of drug-likeness (QED) is 0.457. The molecular weight excluding hydrogens is 340 g/mol. The van der Waals surface area contributed by atoms with E-state index < -0.39 is 4.92 Å². The molecule has 0 bridgehead atoms. The topological polar surface area (TPSA) is 115 Å². The standard InChI is InChI=1S/C16H22N6O4/c1-25-10-8-21(9-11-26-2)16-14(22(23)24)15(17-12-18-16)20-19-13-6-4-3-5-7-13/h3-7,12,19H,8-11H2,1-2H3,(H,17,18,20). The maximum Gasteiger partial charge on any atom is 0.355 e. The van der Waals surface area contributed by atoms with Gasteiger partial charge in [0.05, 0.1) is 23.8 Å². The molecule has 0 aliphatic carbocycles. The van der Waals surface area contributed by atoms with E-state index in [9.17, 15) is 10.1 Å². The second-order valence-electron chi connectivity index (χ2n) is 5.24. The summed E-state index contributed by atoms with van der Waals surface area (Å²) in [4.78, 5) is 21.0. The number of nitrogens with zero attached hydrogens (tertiary/aromatic N) is 4.